The molecule has 5 nitrogen and oxygen atoms in total. The molecule has 0 aromatic carbocycles. The lowest BCUT2D eigenvalue weighted by atomic mass is 9.80. The van der Waals surface area contributed by atoms with Crippen LogP contribution in [0.4, 0.5) is 0 Å². The molecule has 0 saturated heterocycles. The summed E-state index contributed by atoms with van der Waals surface area (Å²) in [5.41, 5.74) is -0.175. The van der Waals surface area contributed by atoms with Gasteiger partial charge in [0.05, 0.1) is 5.60 Å². The maximum Gasteiger partial charge on any atom is 0.303 e. The standard InChI is InChI=1S/C12H21NO4/c1-9(7-11(15)16)6-10(14)13-8-12(17-2)4-3-5-12/h9H,3-8H2,1-2H3,(H,13,14)(H,15,16). The summed E-state index contributed by atoms with van der Waals surface area (Å²) in [5.74, 6) is -1.09. The molecule has 1 saturated carbocycles. The number of rotatable bonds is 7. The molecule has 17 heavy (non-hydrogen) atoms. The maximum atomic E-state index is 11.6. The van der Waals surface area contributed by atoms with Gasteiger partial charge >= 0.3 is 5.97 Å². The number of methoxy groups -OCH3 is 1. The van der Waals surface area contributed by atoms with Gasteiger partial charge in [0.2, 0.25) is 5.91 Å². The van der Waals surface area contributed by atoms with Crippen LogP contribution in [0.2, 0.25) is 0 Å². The Balaban J connectivity index is 2.23. The molecular weight excluding hydrogens is 222 g/mol. The summed E-state index contributed by atoms with van der Waals surface area (Å²) in [5, 5.41) is 11.4. The monoisotopic (exact) mass is 243 g/mol. The second-order valence-electron chi connectivity index (χ2n) is 4.92. The second kappa shape index (κ2) is 6.00. The Labute approximate surface area is 102 Å². The number of carbonyl (C=O) groups is 2. The Hall–Kier alpha value is -1.10. The van der Waals surface area contributed by atoms with Crippen molar-refractivity contribution in [3.63, 3.8) is 0 Å². The normalized spacial score (nSPS) is 19.2. The fourth-order valence-corrected chi connectivity index (χ4v) is 2.04. The molecule has 0 aliphatic heterocycles. The van der Waals surface area contributed by atoms with E-state index in [0.29, 0.717) is 6.54 Å². The van der Waals surface area contributed by atoms with Gasteiger partial charge in [-0.05, 0) is 25.2 Å². The minimum Gasteiger partial charge on any atom is -0.481 e. The third-order valence-electron chi connectivity index (χ3n) is 3.36. The number of nitrogens with one attached hydrogen (secondary N) is 1. The zero-order valence-electron chi connectivity index (χ0n) is 10.5. The predicted octanol–water partition coefficient (Wildman–Crippen LogP) is 1.17. The zero-order chi connectivity index (χ0) is 12.9. The fourth-order valence-electron chi connectivity index (χ4n) is 2.04. The molecule has 1 unspecified atom stereocenters. The van der Waals surface area contributed by atoms with E-state index in [0.717, 1.165) is 19.3 Å². The highest BCUT2D eigenvalue weighted by Crippen LogP contribution is 2.34. The number of ether oxygens (including phenoxy) is 1. The molecule has 0 bridgehead atoms. The van der Waals surface area contributed by atoms with Gasteiger partial charge in [-0.2, -0.15) is 0 Å². The number of aliphatic carboxylic acids is 1. The summed E-state index contributed by atoms with van der Waals surface area (Å²) in [7, 11) is 1.67. The van der Waals surface area contributed by atoms with Crippen molar-refractivity contribution in [3.8, 4) is 0 Å². The van der Waals surface area contributed by atoms with E-state index in [-0.39, 0.29) is 30.3 Å². The summed E-state index contributed by atoms with van der Waals surface area (Å²) in [4.78, 5) is 22.0. The number of amides is 1. The van der Waals surface area contributed by atoms with Gasteiger partial charge in [0.1, 0.15) is 0 Å². The van der Waals surface area contributed by atoms with E-state index in [1.165, 1.54) is 0 Å². The number of hydrogen-bond acceptors (Lipinski definition) is 3. The average Bonchev–Trinajstić information content (AvgIpc) is 2.15. The Morgan fingerprint density at radius 2 is 2.06 bits per heavy atom. The number of carbonyl (C=O) groups excluding carboxylic acids is 1. The molecule has 2 N–H and O–H groups in total. The molecule has 0 heterocycles. The Morgan fingerprint density at radius 3 is 2.47 bits per heavy atom. The fraction of sp³-hybridized carbons (Fsp3) is 0.833. The van der Waals surface area contributed by atoms with Gasteiger partial charge in [-0.15, -0.1) is 0 Å². The van der Waals surface area contributed by atoms with Crippen LogP contribution in [0, 0.1) is 5.92 Å². The summed E-state index contributed by atoms with van der Waals surface area (Å²) in [6, 6.07) is 0. The first-order valence-electron chi connectivity index (χ1n) is 6.01. The third-order valence-corrected chi connectivity index (χ3v) is 3.36. The van der Waals surface area contributed by atoms with Gasteiger partial charge in [-0.3, -0.25) is 9.59 Å². The highest BCUT2D eigenvalue weighted by molar-refractivity contribution is 5.77. The molecule has 0 aromatic heterocycles. The highest BCUT2D eigenvalue weighted by Gasteiger charge is 2.37. The second-order valence-corrected chi connectivity index (χ2v) is 4.92. The zero-order valence-corrected chi connectivity index (χ0v) is 10.5. The number of carboxylic acids is 1. The van der Waals surface area contributed by atoms with Crippen LogP contribution in [0.15, 0.2) is 0 Å². The van der Waals surface area contributed by atoms with Crippen LogP contribution >= 0.6 is 0 Å². The maximum absolute atomic E-state index is 11.6. The molecule has 98 valence electrons. The van der Waals surface area contributed by atoms with Crippen LogP contribution in [0.25, 0.3) is 0 Å². The molecule has 1 aliphatic carbocycles. The molecule has 1 atom stereocenters. The molecule has 5 heteroatoms. The number of carboxylic acid groups (broad SMARTS) is 1. The van der Waals surface area contributed by atoms with E-state index >= 15 is 0 Å². The van der Waals surface area contributed by atoms with Gasteiger partial charge in [0.15, 0.2) is 0 Å². The van der Waals surface area contributed by atoms with Crippen molar-refractivity contribution < 1.29 is 19.4 Å². The molecule has 1 rings (SSSR count). The lowest BCUT2D eigenvalue weighted by Crippen LogP contribution is -2.49. The summed E-state index contributed by atoms with van der Waals surface area (Å²) in [6.07, 6.45) is 3.39. The van der Waals surface area contributed by atoms with Gasteiger partial charge in [0.25, 0.3) is 0 Å². The van der Waals surface area contributed by atoms with Crippen LogP contribution in [-0.4, -0.2) is 36.2 Å². The van der Waals surface area contributed by atoms with E-state index in [2.05, 4.69) is 5.32 Å². The summed E-state index contributed by atoms with van der Waals surface area (Å²) >= 11 is 0. The first kappa shape index (κ1) is 14.0. The van der Waals surface area contributed by atoms with E-state index in [1.54, 1.807) is 14.0 Å². The summed E-state index contributed by atoms with van der Waals surface area (Å²) < 4.78 is 5.38. The minimum atomic E-state index is -0.863. The molecule has 1 amide bonds. The van der Waals surface area contributed by atoms with Crippen molar-refractivity contribution in [3.05, 3.63) is 0 Å². The van der Waals surface area contributed by atoms with Crippen molar-refractivity contribution in [2.24, 2.45) is 5.92 Å². The molecular formula is C12H21NO4. The van der Waals surface area contributed by atoms with Gasteiger partial charge in [-0.25, -0.2) is 0 Å². The largest absolute Gasteiger partial charge is 0.481 e. The van der Waals surface area contributed by atoms with Gasteiger partial charge in [0, 0.05) is 26.5 Å². The predicted molar refractivity (Wildman–Crippen MR) is 62.6 cm³/mol. The summed E-state index contributed by atoms with van der Waals surface area (Å²) in [6.45, 7) is 2.30. The van der Waals surface area contributed by atoms with Crippen molar-refractivity contribution in [1.82, 2.24) is 5.32 Å². The van der Waals surface area contributed by atoms with Crippen LogP contribution in [0.3, 0.4) is 0 Å². The Bertz CT molecular complexity index is 281. The quantitative estimate of drug-likeness (QED) is 0.704. The van der Waals surface area contributed by atoms with Gasteiger partial charge in [-0.1, -0.05) is 6.92 Å². The Morgan fingerprint density at radius 1 is 1.41 bits per heavy atom. The molecule has 1 fully saturated rings. The smallest absolute Gasteiger partial charge is 0.303 e. The lowest BCUT2D eigenvalue weighted by Gasteiger charge is -2.40. The SMILES string of the molecule is COC1(CNC(=O)CC(C)CC(=O)O)CCC1. The molecule has 1 aliphatic rings. The molecule has 0 aromatic rings. The first-order valence-corrected chi connectivity index (χ1v) is 6.01. The van der Waals surface area contributed by atoms with Crippen LogP contribution in [0.5, 0.6) is 0 Å². The Kier molecular flexibility index (Phi) is 4.93. The topological polar surface area (TPSA) is 75.6 Å². The average molecular weight is 243 g/mol. The first-order chi connectivity index (χ1) is 7.97. The van der Waals surface area contributed by atoms with Gasteiger partial charge < -0.3 is 15.2 Å². The van der Waals surface area contributed by atoms with Crippen LogP contribution < -0.4 is 5.32 Å². The van der Waals surface area contributed by atoms with Crippen molar-refractivity contribution >= 4 is 11.9 Å². The van der Waals surface area contributed by atoms with Crippen LogP contribution in [0.1, 0.15) is 39.0 Å². The van der Waals surface area contributed by atoms with Crippen LogP contribution in [-0.2, 0) is 14.3 Å². The number of hydrogen-bond donors (Lipinski definition) is 2. The highest BCUT2D eigenvalue weighted by atomic mass is 16.5. The molecule has 0 spiro atoms. The van der Waals surface area contributed by atoms with E-state index in [9.17, 15) is 9.59 Å². The van der Waals surface area contributed by atoms with E-state index < -0.39 is 5.97 Å². The van der Waals surface area contributed by atoms with E-state index in [4.69, 9.17) is 9.84 Å². The van der Waals surface area contributed by atoms with E-state index in [1.807, 2.05) is 0 Å². The van der Waals surface area contributed by atoms with Crippen molar-refractivity contribution in [2.75, 3.05) is 13.7 Å². The third kappa shape index (κ3) is 4.34. The van der Waals surface area contributed by atoms with Crippen molar-refractivity contribution in [1.29, 1.82) is 0 Å². The van der Waals surface area contributed by atoms with Crippen molar-refractivity contribution in [2.45, 2.75) is 44.6 Å². The molecule has 0 radical (unpaired) electrons. The lowest BCUT2D eigenvalue weighted by molar-refractivity contribution is -0.138. The minimum absolute atomic E-state index is 0.0306.